The summed E-state index contributed by atoms with van der Waals surface area (Å²) in [5.74, 6) is -0.293. The number of hydrogen-bond donors (Lipinski definition) is 1. The first kappa shape index (κ1) is 14.2. The lowest BCUT2D eigenvalue weighted by molar-refractivity contribution is -0.119. The first-order chi connectivity index (χ1) is 8.04. The molecule has 1 saturated carbocycles. The van der Waals surface area contributed by atoms with Crippen molar-refractivity contribution in [2.75, 3.05) is 5.75 Å². The van der Waals surface area contributed by atoms with Crippen LogP contribution in [-0.2, 0) is 15.6 Å². The molecule has 1 N–H and O–H groups in total. The zero-order chi connectivity index (χ0) is 12.8. The highest BCUT2D eigenvalue weighted by atomic mass is 32.2. The van der Waals surface area contributed by atoms with E-state index in [1.807, 2.05) is 13.8 Å². The molecular weight excluding hydrogens is 236 g/mol. The molecule has 5 heteroatoms. The monoisotopic (exact) mass is 256 g/mol. The second kappa shape index (κ2) is 6.75. The van der Waals surface area contributed by atoms with E-state index in [2.05, 4.69) is 11.4 Å². The SMILES string of the molecule is CC(C)NC(=O)CS(=O)C1CCCCC1C#N. The second-order valence-corrected chi connectivity index (χ2v) is 6.46. The Morgan fingerprint density at radius 1 is 1.47 bits per heavy atom. The summed E-state index contributed by atoms with van der Waals surface area (Å²) in [7, 11) is -1.22. The molecule has 1 rings (SSSR count). The van der Waals surface area contributed by atoms with Gasteiger partial charge in [0.05, 0.1) is 17.2 Å². The van der Waals surface area contributed by atoms with Crippen molar-refractivity contribution in [3.05, 3.63) is 0 Å². The van der Waals surface area contributed by atoms with Crippen LogP contribution in [0.5, 0.6) is 0 Å². The minimum absolute atomic E-state index is 0.0288. The Morgan fingerprint density at radius 2 is 2.12 bits per heavy atom. The molecule has 0 heterocycles. The molecule has 0 aliphatic heterocycles. The number of carbonyl (C=O) groups excluding carboxylic acids is 1. The van der Waals surface area contributed by atoms with Gasteiger partial charge in [0.15, 0.2) is 0 Å². The molecule has 0 bridgehead atoms. The highest BCUT2D eigenvalue weighted by molar-refractivity contribution is 7.86. The number of carbonyl (C=O) groups is 1. The number of hydrogen-bond acceptors (Lipinski definition) is 3. The van der Waals surface area contributed by atoms with E-state index in [9.17, 15) is 9.00 Å². The molecule has 0 spiro atoms. The highest BCUT2D eigenvalue weighted by Gasteiger charge is 2.30. The minimum Gasteiger partial charge on any atom is -0.353 e. The molecule has 1 fully saturated rings. The van der Waals surface area contributed by atoms with Crippen molar-refractivity contribution in [3.8, 4) is 6.07 Å². The Balaban J connectivity index is 2.51. The summed E-state index contributed by atoms with van der Waals surface area (Å²) in [4.78, 5) is 11.5. The molecular formula is C12H20N2O2S. The molecule has 96 valence electrons. The van der Waals surface area contributed by atoms with Crippen LogP contribution in [0.15, 0.2) is 0 Å². The number of nitrogens with one attached hydrogen (secondary N) is 1. The van der Waals surface area contributed by atoms with Crippen molar-refractivity contribution in [1.29, 1.82) is 5.26 Å². The molecule has 0 saturated heterocycles. The van der Waals surface area contributed by atoms with E-state index in [4.69, 9.17) is 5.26 Å². The third-order valence-electron chi connectivity index (χ3n) is 2.93. The van der Waals surface area contributed by atoms with Crippen LogP contribution in [0.25, 0.3) is 0 Å². The van der Waals surface area contributed by atoms with Gasteiger partial charge in [-0.2, -0.15) is 5.26 Å². The van der Waals surface area contributed by atoms with Crippen LogP contribution in [0.2, 0.25) is 0 Å². The summed E-state index contributed by atoms with van der Waals surface area (Å²) in [5, 5.41) is 11.6. The second-order valence-electron chi connectivity index (χ2n) is 4.81. The molecule has 4 nitrogen and oxygen atoms in total. The maximum Gasteiger partial charge on any atom is 0.232 e. The van der Waals surface area contributed by atoms with E-state index in [0.717, 1.165) is 25.7 Å². The zero-order valence-corrected chi connectivity index (χ0v) is 11.3. The maximum absolute atomic E-state index is 12.1. The number of rotatable bonds is 4. The molecule has 1 aliphatic rings. The topological polar surface area (TPSA) is 70.0 Å². The van der Waals surface area contributed by atoms with E-state index in [1.54, 1.807) is 0 Å². The molecule has 0 aromatic heterocycles. The van der Waals surface area contributed by atoms with E-state index < -0.39 is 10.8 Å². The van der Waals surface area contributed by atoms with Crippen molar-refractivity contribution in [2.45, 2.75) is 50.8 Å². The molecule has 0 aromatic rings. The summed E-state index contributed by atoms with van der Waals surface area (Å²) in [6.45, 7) is 3.75. The van der Waals surface area contributed by atoms with Crippen LogP contribution >= 0.6 is 0 Å². The third-order valence-corrected chi connectivity index (χ3v) is 4.72. The van der Waals surface area contributed by atoms with E-state index in [-0.39, 0.29) is 28.9 Å². The highest BCUT2D eigenvalue weighted by Crippen LogP contribution is 2.27. The van der Waals surface area contributed by atoms with E-state index >= 15 is 0 Å². The van der Waals surface area contributed by atoms with Gasteiger partial charge in [0, 0.05) is 16.8 Å². The number of amides is 1. The van der Waals surface area contributed by atoms with Gasteiger partial charge in [-0.1, -0.05) is 12.8 Å². The molecule has 1 amide bonds. The normalized spacial score (nSPS) is 26.2. The fourth-order valence-electron chi connectivity index (χ4n) is 2.16. The average Bonchev–Trinajstić information content (AvgIpc) is 2.27. The van der Waals surface area contributed by atoms with Crippen LogP contribution in [0, 0.1) is 17.2 Å². The Kier molecular flexibility index (Phi) is 5.63. The minimum atomic E-state index is -1.22. The maximum atomic E-state index is 12.1. The predicted molar refractivity (Wildman–Crippen MR) is 67.6 cm³/mol. The lowest BCUT2D eigenvalue weighted by Gasteiger charge is -2.25. The smallest absolute Gasteiger partial charge is 0.232 e. The lowest BCUT2D eigenvalue weighted by Crippen LogP contribution is -2.38. The molecule has 17 heavy (non-hydrogen) atoms. The van der Waals surface area contributed by atoms with Crippen molar-refractivity contribution in [1.82, 2.24) is 5.32 Å². The number of nitriles is 1. The van der Waals surface area contributed by atoms with Crippen molar-refractivity contribution in [2.24, 2.45) is 5.92 Å². The van der Waals surface area contributed by atoms with Gasteiger partial charge in [-0.15, -0.1) is 0 Å². The molecule has 3 unspecified atom stereocenters. The number of nitrogens with zero attached hydrogens (tertiary/aromatic N) is 1. The van der Waals surface area contributed by atoms with Gasteiger partial charge in [0.2, 0.25) is 5.91 Å². The first-order valence-electron chi connectivity index (χ1n) is 6.10. The van der Waals surface area contributed by atoms with Gasteiger partial charge < -0.3 is 5.32 Å². The van der Waals surface area contributed by atoms with Crippen LogP contribution in [0.4, 0.5) is 0 Å². The predicted octanol–water partition coefficient (Wildman–Crippen LogP) is 1.34. The van der Waals surface area contributed by atoms with Gasteiger partial charge in [-0.05, 0) is 26.7 Å². The van der Waals surface area contributed by atoms with Gasteiger partial charge >= 0.3 is 0 Å². The van der Waals surface area contributed by atoms with Gasteiger partial charge in [0.1, 0.15) is 5.75 Å². The Labute approximate surface area is 105 Å². The Bertz CT molecular complexity index is 336. The largest absolute Gasteiger partial charge is 0.353 e. The molecule has 1 aliphatic carbocycles. The summed E-state index contributed by atoms with van der Waals surface area (Å²) in [5.41, 5.74) is 0. The van der Waals surface area contributed by atoms with Crippen LogP contribution in [0.3, 0.4) is 0 Å². The van der Waals surface area contributed by atoms with Crippen molar-refractivity contribution < 1.29 is 9.00 Å². The summed E-state index contributed by atoms with van der Waals surface area (Å²) in [6, 6.07) is 2.29. The fraction of sp³-hybridized carbons (Fsp3) is 0.833. The van der Waals surface area contributed by atoms with Gasteiger partial charge in [-0.25, -0.2) is 0 Å². The average molecular weight is 256 g/mol. The first-order valence-corrected chi connectivity index (χ1v) is 7.49. The van der Waals surface area contributed by atoms with Crippen molar-refractivity contribution >= 4 is 16.7 Å². The van der Waals surface area contributed by atoms with Gasteiger partial charge in [0.25, 0.3) is 0 Å². The van der Waals surface area contributed by atoms with Gasteiger partial charge in [-0.3, -0.25) is 9.00 Å². The summed E-state index contributed by atoms with van der Waals surface area (Å²) >= 11 is 0. The Morgan fingerprint density at radius 3 is 2.71 bits per heavy atom. The van der Waals surface area contributed by atoms with Crippen molar-refractivity contribution in [3.63, 3.8) is 0 Å². The summed E-state index contributed by atoms with van der Waals surface area (Å²) < 4.78 is 12.1. The standard InChI is InChI=1S/C12H20N2O2S/c1-9(2)14-12(15)8-17(16)11-6-4-3-5-10(11)7-13/h9-11H,3-6,8H2,1-2H3,(H,14,15). The molecule has 0 radical (unpaired) electrons. The lowest BCUT2D eigenvalue weighted by atomic mass is 9.90. The van der Waals surface area contributed by atoms with Crippen LogP contribution in [0.1, 0.15) is 39.5 Å². The molecule has 0 aromatic carbocycles. The van der Waals surface area contributed by atoms with Crippen LogP contribution < -0.4 is 5.32 Å². The van der Waals surface area contributed by atoms with E-state index in [1.165, 1.54) is 0 Å². The third kappa shape index (κ3) is 4.47. The fourth-order valence-corrected chi connectivity index (χ4v) is 3.71. The zero-order valence-electron chi connectivity index (χ0n) is 10.4. The van der Waals surface area contributed by atoms with E-state index in [0.29, 0.717) is 0 Å². The molecule has 3 atom stereocenters. The quantitative estimate of drug-likeness (QED) is 0.825. The Hall–Kier alpha value is -0.890. The summed E-state index contributed by atoms with van der Waals surface area (Å²) in [6.07, 6.45) is 3.67. The van der Waals surface area contributed by atoms with Crippen LogP contribution in [-0.4, -0.2) is 27.2 Å².